The Morgan fingerprint density at radius 3 is 3.05 bits per heavy atom. The van der Waals surface area contributed by atoms with E-state index in [0.717, 1.165) is 39.6 Å². The Labute approximate surface area is 119 Å². The Hall–Kier alpha value is -1.88. The number of Topliss-reactive ketones (excluding diaryl/α,β-unsaturated/α-hetero) is 1. The predicted molar refractivity (Wildman–Crippen MR) is 75.4 cm³/mol. The molecule has 0 fully saturated rings. The number of halogens is 1. The van der Waals surface area contributed by atoms with Gasteiger partial charge in [-0.25, -0.2) is 4.39 Å². The molecular formula is C15H12FNO2S. The molecule has 2 aliphatic rings. The third-order valence-electron chi connectivity index (χ3n) is 3.77. The molecule has 1 aliphatic carbocycles. The molecule has 102 valence electrons. The summed E-state index contributed by atoms with van der Waals surface area (Å²) in [4.78, 5) is 12.8. The van der Waals surface area contributed by atoms with Gasteiger partial charge in [-0.3, -0.25) is 4.79 Å². The largest absolute Gasteiger partial charge is 0.444 e. The number of benzene rings is 1. The van der Waals surface area contributed by atoms with E-state index in [9.17, 15) is 9.18 Å². The van der Waals surface area contributed by atoms with Crippen LogP contribution in [0.4, 0.5) is 10.1 Å². The summed E-state index contributed by atoms with van der Waals surface area (Å²) >= 11 is 1.39. The van der Waals surface area contributed by atoms with E-state index in [0.29, 0.717) is 18.7 Å². The molecule has 20 heavy (non-hydrogen) atoms. The third kappa shape index (κ3) is 1.73. The van der Waals surface area contributed by atoms with Crippen molar-refractivity contribution >= 4 is 22.8 Å². The van der Waals surface area contributed by atoms with Crippen molar-refractivity contribution in [2.45, 2.75) is 25.8 Å². The lowest BCUT2D eigenvalue weighted by atomic mass is 9.95. The second kappa shape index (κ2) is 4.31. The molecule has 4 rings (SSSR count). The zero-order valence-corrected chi connectivity index (χ0v) is 11.5. The summed E-state index contributed by atoms with van der Waals surface area (Å²) in [6.07, 6.45) is 2.43. The molecule has 1 aromatic heterocycles. The van der Waals surface area contributed by atoms with Gasteiger partial charge in [0, 0.05) is 24.6 Å². The van der Waals surface area contributed by atoms with Crippen molar-refractivity contribution in [1.82, 2.24) is 0 Å². The number of hydrogen-bond acceptors (Lipinski definition) is 4. The van der Waals surface area contributed by atoms with E-state index in [1.54, 1.807) is 6.07 Å². The van der Waals surface area contributed by atoms with Crippen molar-refractivity contribution in [2.24, 2.45) is 0 Å². The topological polar surface area (TPSA) is 38.3 Å². The molecule has 0 spiro atoms. The standard InChI is InChI=1S/C15H12FNO2S/c16-8-4-5-11-13(6-8)19-15-10(7-17-11)9-2-1-3-12(18)14(9)20-15/h4-6,17H,1-3,7H2. The Bertz CT molecular complexity index is 723. The van der Waals surface area contributed by atoms with E-state index in [2.05, 4.69) is 5.32 Å². The number of ketones is 1. The van der Waals surface area contributed by atoms with E-state index in [-0.39, 0.29) is 11.6 Å². The third-order valence-corrected chi connectivity index (χ3v) is 4.96. The summed E-state index contributed by atoms with van der Waals surface area (Å²) in [7, 11) is 0. The van der Waals surface area contributed by atoms with Crippen molar-refractivity contribution in [1.29, 1.82) is 0 Å². The normalized spacial score (nSPS) is 16.4. The summed E-state index contributed by atoms with van der Waals surface area (Å²) in [5.41, 5.74) is 2.95. The van der Waals surface area contributed by atoms with Crippen molar-refractivity contribution in [3.63, 3.8) is 0 Å². The van der Waals surface area contributed by atoms with Crippen LogP contribution in [0.25, 0.3) is 0 Å². The first-order valence-corrected chi connectivity index (χ1v) is 7.43. The molecule has 0 unspecified atom stereocenters. The van der Waals surface area contributed by atoms with Gasteiger partial charge in [0.05, 0.1) is 10.6 Å². The first-order valence-electron chi connectivity index (χ1n) is 6.61. The summed E-state index contributed by atoms with van der Waals surface area (Å²) in [5.74, 6) is 0.355. The number of carbonyl (C=O) groups excluding carboxylic acids is 1. The molecule has 1 aromatic carbocycles. The van der Waals surface area contributed by atoms with E-state index < -0.39 is 0 Å². The van der Waals surface area contributed by atoms with Crippen molar-refractivity contribution in [3.05, 3.63) is 40.0 Å². The molecule has 0 saturated heterocycles. The molecule has 0 atom stereocenters. The Kier molecular flexibility index (Phi) is 2.57. The van der Waals surface area contributed by atoms with Crippen LogP contribution < -0.4 is 10.1 Å². The summed E-state index contributed by atoms with van der Waals surface area (Å²) in [6, 6.07) is 4.46. The number of anilines is 1. The molecule has 5 heteroatoms. The number of nitrogens with one attached hydrogen (secondary N) is 1. The average molecular weight is 289 g/mol. The zero-order valence-electron chi connectivity index (χ0n) is 10.7. The highest BCUT2D eigenvalue weighted by Crippen LogP contribution is 2.45. The summed E-state index contributed by atoms with van der Waals surface area (Å²) in [6.45, 7) is 0.618. The number of fused-ring (bicyclic) bond motifs is 4. The lowest BCUT2D eigenvalue weighted by molar-refractivity contribution is 0.0977. The predicted octanol–water partition coefficient (Wildman–Crippen LogP) is 4.12. The summed E-state index contributed by atoms with van der Waals surface area (Å²) < 4.78 is 19.2. The van der Waals surface area contributed by atoms with E-state index >= 15 is 0 Å². The van der Waals surface area contributed by atoms with Crippen LogP contribution in [0, 0.1) is 5.82 Å². The minimum absolute atomic E-state index is 0.201. The Balaban J connectivity index is 1.83. The number of ether oxygens (including phenoxy) is 1. The highest BCUT2D eigenvalue weighted by molar-refractivity contribution is 7.16. The summed E-state index contributed by atoms with van der Waals surface area (Å²) in [5, 5.41) is 3.99. The molecule has 1 aliphatic heterocycles. The van der Waals surface area contributed by atoms with Crippen molar-refractivity contribution < 1.29 is 13.9 Å². The SMILES string of the molecule is O=C1CCCc2c1sc1c2CNc2ccc(F)cc2O1. The van der Waals surface area contributed by atoms with Crippen LogP contribution in [-0.2, 0) is 13.0 Å². The maximum atomic E-state index is 13.3. The quantitative estimate of drug-likeness (QED) is 0.792. The van der Waals surface area contributed by atoms with Crippen molar-refractivity contribution in [2.75, 3.05) is 5.32 Å². The molecule has 2 aromatic rings. The Morgan fingerprint density at radius 1 is 1.25 bits per heavy atom. The van der Waals surface area contributed by atoms with Crippen LogP contribution in [0.2, 0.25) is 0 Å². The van der Waals surface area contributed by atoms with Gasteiger partial charge in [0.15, 0.2) is 16.6 Å². The average Bonchev–Trinajstić information content (AvgIpc) is 2.68. The van der Waals surface area contributed by atoms with E-state index in [1.807, 2.05) is 0 Å². The van der Waals surface area contributed by atoms with Gasteiger partial charge in [0.25, 0.3) is 0 Å². The molecule has 0 radical (unpaired) electrons. The number of thiophene rings is 1. The smallest absolute Gasteiger partial charge is 0.187 e. The molecular weight excluding hydrogens is 277 g/mol. The van der Waals surface area contributed by atoms with Gasteiger partial charge in [0.1, 0.15) is 5.82 Å². The molecule has 2 heterocycles. The van der Waals surface area contributed by atoms with Crippen LogP contribution in [0.5, 0.6) is 10.8 Å². The van der Waals surface area contributed by atoms with Gasteiger partial charge in [0.2, 0.25) is 0 Å². The van der Waals surface area contributed by atoms with Crippen LogP contribution in [0.3, 0.4) is 0 Å². The van der Waals surface area contributed by atoms with Gasteiger partial charge in [-0.2, -0.15) is 0 Å². The van der Waals surface area contributed by atoms with E-state index in [1.165, 1.54) is 23.5 Å². The van der Waals surface area contributed by atoms with Gasteiger partial charge in [-0.05, 0) is 30.5 Å². The second-order valence-corrected chi connectivity index (χ2v) is 6.03. The molecule has 0 saturated carbocycles. The van der Waals surface area contributed by atoms with Crippen LogP contribution >= 0.6 is 11.3 Å². The molecule has 0 amide bonds. The molecule has 1 N–H and O–H groups in total. The fraction of sp³-hybridized carbons (Fsp3) is 0.267. The highest BCUT2D eigenvalue weighted by atomic mass is 32.1. The van der Waals surface area contributed by atoms with Crippen LogP contribution in [0.15, 0.2) is 18.2 Å². The zero-order chi connectivity index (χ0) is 13.7. The van der Waals surface area contributed by atoms with Crippen LogP contribution in [-0.4, -0.2) is 5.78 Å². The van der Waals surface area contributed by atoms with E-state index in [4.69, 9.17) is 4.74 Å². The minimum atomic E-state index is -0.327. The lowest BCUT2D eigenvalue weighted by Crippen LogP contribution is -2.10. The number of carbonyl (C=O) groups is 1. The maximum Gasteiger partial charge on any atom is 0.187 e. The van der Waals surface area contributed by atoms with Gasteiger partial charge >= 0.3 is 0 Å². The molecule has 3 nitrogen and oxygen atoms in total. The van der Waals surface area contributed by atoms with Gasteiger partial charge in [-0.1, -0.05) is 11.3 Å². The first kappa shape index (κ1) is 11.9. The Morgan fingerprint density at radius 2 is 2.15 bits per heavy atom. The fourth-order valence-corrected chi connectivity index (χ4v) is 3.98. The lowest BCUT2D eigenvalue weighted by Gasteiger charge is -2.11. The fourth-order valence-electron chi connectivity index (χ4n) is 2.78. The minimum Gasteiger partial charge on any atom is -0.444 e. The van der Waals surface area contributed by atoms with Crippen molar-refractivity contribution in [3.8, 4) is 10.8 Å². The number of rotatable bonds is 0. The van der Waals surface area contributed by atoms with Gasteiger partial charge < -0.3 is 10.1 Å². The number of hydrogen-bond donors (Lipinski definition) is 1. The van der Waals surface area contributed by atoms with Crippen LogP contribution in [0.1, 0.15) is 33.6 Å². The molecule has 0 bridgehead atoms. The first-order chi connectivity index (χ1) is 9.72. The highest BCUT2D eigenvalue weighted by Gasteiger charge is 2.28. The maximum absolute atomic E-state index is 13.3. The van der Waals surface area contributed by atoms with Gasteiger partial charge in [-0.15, -0.1) is 0 Å². The monoisotopic (exact) mass is 289 g/mol. The second-order valence-electron chi connectivity index (χ2n) is 5.05.